The molecule has 0 aromatic heterocycles. The SMILES string of the molecule is CC(=O)N1C(C)(C)CC(OC(=O)CC(c2cc(C(C)(C)C)c(O)cc2C)c2cc(C(C)(C)C)c(O)cc2C)CC1(C)C. The number of esters is 1. The van der Waals surface area contributed by atoms with E-state index in [2.05, 4.69) is 41.5 Å². The maximum Gasteiger partial charge on any atom is 0.307 e. The van der Waals surface area contributed by atoms with Crippen molar-refractivity contribution in [3.63, 3.8) is 0 Å². The molecule has 2 N–H and O–H groups in total. The first kappa shape index (κ1) is 33.5. The Morgan fingerprint density at radius 2 is 1.21 bits per heavy atom. The summed E-state index contributed by atoms with van der Waals surface area (Å²) in [4.78, 5) is 28.2. The number of carbonyl (C=O) groups is 2. The van der Waals surface area contributed by atoms with Crippen molar-refractivity contribution in [1.82, 2.24) is 4.90 Å². The average molecular weight is 580 g/mol. The second-order valence-electron chi connectivity index (χ2n) is 15.7. The highest BCUT2D eigenvalue weighted by Crippen LogP contribution is 2.43. The van der Waals surface area contributed by atoms with Crippen LogP contribution in [0.15, 0.2) is 24.3 Å². The van der Waals surface area contributed by atoms with Gasteiger partial charge in [0, 0.05) is 36.8 Å². The number of hydrogen-bond donors (Lipinski definition) is 2. The standard InChI is InChI=1S/C36H53NO5/c1-21-14-30(39)28(33(4,5)6)16-25(21)27(26-17-29(34(7,8)9)31(40)15-22(26)2)18-32(41)42-24-19-35(10,11)37(23(3)38)36(12,13)20-24/h14-17,24,27,39-40H,18-20H2,1-13H3. The number of aromatic hydroxyl groups is 2. The molecule has 1 heterocycles. The second-order valence-corrected chi connectivity index (χ2v) is 15.7. The third kappa shape index (κ3) is 6.95. The summed E-state index contributed by atoms with van der Waals surface area (Å²) in [6, 6.07) is 7.64. The Balaban J connectivity index is 2.10. The minimum absolute atomic E-state index is 0.0183. The molecular formula is C36H53NO5. The quantitative estimate of drug-likeness (QED) is 0.351. The highest BCUT2D eigenvalue weighted by atomic mass is 16.5. The molecule has 1 aliphatic heterocycles. The van der Waals surface area contributed by atoms with Crippen LogP contribution in [-0.4, -0.2) is 44.2 Å². The molecule has 2 aromatic carbocycles. The topological polar surface area (TPSA) is 87.1 Å². The molecule has 0 spiro atoms. The van der Waals surface area contributed by atoms with Crippen LogP contribution in [0.2, 0.25) is 0 Å². The Hall–Kier alpha value is -3.02. The van der Waals surface area contributed by atoms with Gasteiger partial charge < -0.3 is 19.8 Å². The van der Waals surface area contributed by atoms with E-state index in [9.17, 15) is 19.8 Å². The summed E-state index contributed by atoms with van der Waals surface area (Å²) in [5, 5.41) is 21.7. The molecule has 0 aliphatic carbocycles. The first-order valence-corrected chi connectivity index (χ1v) is 15.1. The molecule has 3 rings (SSSR count). The van der Waals surface area contributed by atoms with Gasteiger partial charge in [0.15, 0.2) is 0 Å². The zero-order valence-electron chi connectivity index (χ0n) is 28.2. The van der Waals surface area contributed by atoms with E-state index in [1.807, 2.05) is 58.6 Å². The molecule has 42 heavy (non-hydrogen) atoms. The average Bonchev–Trinajstić information content (AvgIpc) is 2.74. The van der Waals surface area contributed by atoms with Crippen molar-refractivity contribution >= 4 is 11.9 Å². The number of piperidine rings is 1. The summed E-state index contributed by atoms with van der Waals surface area (Å²) >= 11 is 0. The predicted octanol–water partition coefficient (Wildman–Crippen LogP) is 7.94. The van der Waals surface area contributed by atoms with Crippen LogP contribution in [-0.2, 0) is 25.2 Å². The zero-order chi connectivity index (χ0) is 32.2. The van der Waals surface area contributed by atoms with Crippen molar-refractivity contribution in [1.29, 1.82) is 0 Å². The summed E-state index contributed by atoms with van der Waals surface area (Å²) in [7, 11) is 0. The van der Waals surface area contributed by atoms with Gasteiger partial charge in [-0.1, -0.05) is 53.7 Å². The maximum atomic E-state index is 13.8. The van der Waals surface area contributed by atoms with Crippen LogP contribution in [0.5, 0.6) is 11.5 Å². The molecule has 0 atom stereocenters. The fourth-order valence-corrected chi connectivity index (χ4v) is 7.28. The van der Waals surface area contributed by atoms with E-state index < -0.39 is 11.1 Å². The minimum Gasteiger partial charge on any atom is -0.508 e. The molecule has 0 bridgehead atoms. The number of carbonyl (C=O) groups excluding carboxylic acids is 2. The molecule has 6 heteroatoms. The van der Waals surface area contributed by atoms with E-state index in [-0.39, 0.29) is 52.6 Å². The number of rotatable bonds is 5. The number of phenols is 2. The lowest BCUT2D eigenvalue weighted by Crippen LogP contribution is -2.63. The normalized spacial score (nSPS) is 17.4. The van der Waals surface area contributed by atoms with Crippen molar-refractivity contribution < 1.29 is 24.5 Å². The second kappa shape index (κ2) is 11.2. The highest BCUT2D eigenvalue weighted by molar-refractivity contribution is 5.75. The van der Waals surface area contributed by atoms with E-state index in [0.29, 0.717) is 12.8 Å². The van der Waals surface area contributed by atoms with Crippen LogP contribution in [0.3, 0.4) is 0 Å². The lowest BCUT2D eigenvalue weighted by atomic mass is 9.76. The summed E-state index contributed by atoms with van der Waals surface area (Å²) in [6.07, 6.45) is 0.908. The first-order chi connectivity index (χ1) is 19.0. The van der Waals surface area contributed by atoms with Crippen molar-refractivity contribution in [2.75, 3.05) is 0 Å². The van der Waals surface area contributed by atoms with Crippen LogP contribution in [0.25, 0.3) is 0 Å². The van der Waals surface area contributed by atoms with Gasteiger partial charge >= 0.3 is 5.97 Å². The Morgan fingerprint density at radius 1 is 0.833 bits per heavy atom. The number of likely N-dealkylation sites (tertiary alicyclic amines) is 1. The summed E-state index contributed by atoms with van der Waals surface area (Å²) < 4.78 is 6.21. The molecular weight excluding hydrogens is 526 g/mol. The number of aryl methyl sites for hydroxylation is 2. The maximum absolute atomic E-state index is 13.8. The first-order valence-electron chi connectivity index (χ1n) is 15.1. The molecule has 2 aromatic rings. The minimum atomic E-state index is -0.456. The monoisotopic (exact) mass is 579 g/mol. The Kier molecular flexibility index (Phi) is 8.96. The Morgan fingerprint density at radius 3 is 1.55 bits per heavy atom. The molecule has 6 nitrogen and oxygen atoms in total. The van der Waals surface area contributed by atoms with Crippen molar-refractivity contribution in [3.05, 3.63) is 57.6 Å². The molecule has 232 valence electrons. The van der Waals surface area contributed by atoms with E-state index in [1.54, 1.807) is 19.1 Å². The van der Waals surface area contributed by atoms with E-state index in [0.717, 1.165) is 33.4 Å². The lowest BCUT2D eigenvalue weighted by molar-refractivity contribution is -0.166. The van der Waals surface area contributed by atoms with Gasteiger partial charge in [0.05, 0.1) is 6.42 Å². The Bertz CT molecular complexity index is 1270. The molecule has 0 radical (unpaired) electrons. The van der Waals surface area contributed by atoms with Crippen molar-refractivity contribution in [2.45, 2.75) is 143 Å². The molecule has 1 saturated heterocycles. The van der Waals surface area contributed by atoms with Crippen LogP contribution >= 0.6 is 0 Å². The van der Waals surface area contributed by atoms with Gasteiger partial charge in [-0.05, 0) is 97.9 Å². The van der Waals surface area contributed by atoms with Gasteiger partial charge in [0.1, 0.15) is 17.6 Å². The Labute approximate surface area is 253 Å². The van der Waals surface area contributed by atoms with Gasteiger partial charge in [-0.15, -0.1) is 0 Å². The molecule has 1 amide bonds. The van der Waals surface area contributed by atoms with Gasteiger partial charge in [-0.2, -0.15) is 0 Å². The van der Waals surface area contributed by atoms with Crippen LogP contribution in [0, 0.1) is 13.8 Å². The molecule has 0 saturated carbocycles. The predicted molar refractivity (Wildman–Crippen MR) is 169 cm³/mol. The van der Waals surface area contributed by atoms with E-state index >= 15 is 0 Å². The number of amides is 1. The van der Waals surface area contributed by atoms with Crippen LogP contribution in [0.4, 0.5) is 0 Å². The van der Waals surface area contributed by atoms with E-state index in [4.69, 9.17) is 4.74 Å². The van der Waals surface area contributed by atoms with Crippen LogP contribution < -0.4 is 0 Å². The number of nitrogens with zero attached hydrogens (tertiary/aromatic N) is 1. The fourth-order valence-electron chi connectivity index (χ4n) is 7.28. The third-order valence-electron chi connectivity index (χ3n) is 8.78. The van der Waals surface area contributed by atoms with Crippen molar-refractivity contribution in [3.8, 4) is 11.5 Å². The van der Waals surface area contributed by atoms with Gasteiger partial charge in [0.2, 0.25) is 5.91 Å². The van der Waals surface area contributed by atoms with Crippen LogP contribution in [0.1, 0.15) is 135 Å². The zero-order valence-corrected chi connectivity index (χ0v) is 28.2. The third-order valence-corrected chi connectivity index (χ3v) is 8.78. The molecule has 0 unspecified atom stereocenters. The summed E-state index contributed by atoms with van der Waals surface area (Å²) in [5.41, 5.74) is 3.79. The summed E-state index contributed by atoms with van der Waals surface area (Å²) in [6.45, 7) is 26.0. The van der Waals surface area contributed by atoms with Crippen molar-refractivity contribution in [2.24, 2.45) is 0 Å². The number of phenolic OH excluding ortho intramolecular Hbond substituents is 2. The van der Waals surface area contributed by atoms with Gasteiger partial charge in [-0.3, -0.25) is 9.59 Å². The number of ether oxygens (including phenoxy) is 1. The summed E-state index contributed by atoms with van der Waals surface area (Å²) in [5.74, 6) is -0.152. The smallest absolute Gasteiger partial charge is 0.307 e. The van der Waals surface area contributed by atoms with Gasteiger partial charge in [-0.25, -0.2) is 0 Å². The van der Waals surface area contributed by atoms with Gasteiger partial charge in [0.25, 0.3) is 0 Å². The lowest BCUT2D eigenvalue weighted by Gasteiger charge is -2.54. The molecule has 1 fully saturated rings. The highest BCUT2D eigenvalue weighted by Gasteiger charge is 2.48. The largest absolute Gasteiger partial charge is 0.508 e. The van der Waals surface area contributed by atoms with E-state index in [1.165, 1.54) is 0 Å². The molecule has 1 aliphatic rings. The number of benzene rings is 2. The number of hydrogen-bond acceptors (Lipinski definition) is 5. The fraction of sp³-hybridized carbons (Fsp3) is 0.611.